The highest BCUT2D eigenvalue weighted by molar-refractivity contribution is 6.09. The summed E-state index contributed by atoms with van der Waals surface area (Å²) in [6.45, 7) is 0. The Morgan fingerprint density at radius 2 is 0.812 bits per heavy atom. The lowest BCUT2D eigenvalue weighted by molar-refractivity contribution is 0.103. The molecule has 0 N–H and O–H groups in total. The van der Waals surface area contributed by atoms with Gasteiger partial charge >= 0.3 is 0 Å². The summed E-state index contributed by atoms with van der Waals surface area (Å²) in [6, 6.07) is 26.4. The maximum atomic E-state index is 12.9. The van der Waals surface area contributed by atoms with E-state index in [1.54, 1.807) is 24.3 Å². The minimum Gasteiger partial charge on any atom is -0.457 e. The summed E-state index contributed by atoms with van der Waals surface area (Å²) in [5.41, 5.74) is 6.03. The number of benzene rings is 4. The summed E-state index contributed by atoms with van der Waals surface area (Å²) in [6.07, 6.45) is 8.26. The largest absolute Gasteiger partial charge is 0.457 e. The van der Waals surface area contributed by atoms with Crippen LogP contribution in [0.4, 0.5) is 0 Å². The lowest BCUT2D eigenvalue weighted by Crippen LogP contribution is -2.01. The van der Waals surface area contributed by atoms with Gasteiger partial charge < -0.3 is 9.47 Å². The van der Waals surface area contributed by atoms with Gasteiger partial charge in [-0.15, -0.1) is 0 Å². The molecule has 4 aromatic rings. The van der Waals surface area contributed by atoms with E-state index in [9.17, 15) is 4.79 Å². The van der Waals surface area contributed by atoms with Gasteiger partial charge in [-0.2, -0.15) is 0 Å². The van der Waals surface area contributed by atoms with E-state index in [1.807, 2.05) is 60.7 Å². The molecule has 3 nitrogen and oxygen atoms in total. The van der Waals surface area contributed by atoms with Crippen molar-refractivity contribution < 1.29 is 14.3 Å². The van der Waals surface area contributed by atoms with Crippen LogP contribution in [0.2, 0.25) is 0 Å². The van der Waals surface area contributed by atoms with Gasteiger partial charge in [0.25, 0.3) is 0 Å². The third-order valence-corrected chi connectivity index (χ3v) is 5.71. The Kier molecular flexibility index (Phi) is 4.25. The minimum atomic E-state index is -0.0412. The number of ketones is 1. The first-order chi connectivity index (χ1) is 15.7. The molecule has 4 aromatic carbocycles. The van der Waals surface area contributed by atoms with Crippen molar-refractivity contribution in [3.05, 3.63) is 118 Å². The maximum Gasteiger partial charge on any atom is 0.193 e. The van der Waals surface area contributed by atoms with Gasteiger partial charge in [0.15, 0.2) is 5.78 Å². The first kappa shape index (κ1) is 18.4. The van der Waals surface area contributed by atoms with Gasteiger partial charge in [-0.1, -0.05) is 36.4 Å². The molecule has 6 rings (SSSR count). The maximum absolute atomic E-state index is 12.9. The van der Waals surface area contributed by atoms with Crippen molar-refractivity contribution in [2.24, 2.45) is 0 Å². The van der Waals surface area contributed by atoms with Crippen LogP contribution in [-0.2, 0) is 0 Å². The summed E-state index contributed by atoms with van der Waals surface area (Å²) in [7, 11) is 0. The molecule has 0 spiro atoms. The van der Waals surface area contributed by atoms with E-state index in [0.717, 1.165) is 11.5 Å². The molecule has 152 valence electrons. The summed E-state index contributed by atoms with van der Waals surface area (Å²) in [5.74, 6) is 2.92. The van der Waals surface area contributed by atoms with Crippen molar-refractivity contribution in [2.45, 2.75) is 0 Å². The summed E-state index contributed by atoms with van der Waals surface area (Å²) >= 11 is 0. The molecule has 0 atom stereocenters. The van der Waals surface area contributed by atoms with Crippen LogP contribution in [0, 0.1) is 0 Å². The molecule has 0 unspecified atom stereocenters. The average molecular weight is 414 g/mol. The van der Waals surface area contributed by atoms with Gasteiger partial charge in [-0.05, 0) is 95.1 Å². The Morgan fingerprint density at radius 1 is 0.438 bits per heavy atom. The Morgan fingerprint density at radius 3 is 1.16 bits per heavy atom. The topological polar surface area (TPSA) is 35.5 Å². The zero-order valence-corrected chi connectivity index (χ0v) is 17.1. The van der Waals surface area contributed by atoms with Gasteiger partial charge in [0.1, 0.15) is 23.0 Å². The van der Waals surface area contributed by atoms with E-state index in [4.69, 9.17) is 9.47 Å². The smallest absolute Gasteiger partial charge is 0.193 e. The molecule has 0 aliphatic heterocycles. The van der Waals surface area contributed by atoms with E-state index in [0.29, 0.717) is 22.6 Å². The Hall–Kier alpha value is -4.37. The summed E-state index contributed by atoms with van der Waals surface area (Å²) in [5, 5.41) is 0. The van der Waals surface area contributed by atoms with Crippen LogP contribution >= 0.6 is 0 Å². The monoisotopic (exact) mass is 414 g/mol. The summed E-state index contributed by atoms with van der Waals surface area (Å²) in [4.78, 5) is 12.9. The Labute approximate surface area is 185 Å². The first-order valence-electron chi connectivity index (χ1n) is 10.5. The molecule has 0 fully saturated rings. The molecule has 3 heteroatoms. The van der Waals surface area contributed by atoms with E-state index in [2.05, 4.69) is 24.3 Å². The van der Waals surface area contributed by atoms with Crippen molar-refractivity contribution in [3.63, 3.8) is 0 Å². The molecule has 32 heavy (non-hydrogen) atoms. The van der Waals surface area contributed by atoms with Crippen molar-refractivity contribution >= 4 is 30.1 Å². The molecule has 0 radical (unpaired) electrons. The predicted octanol–water partition coefficient (Wildman–Crippen LogP) is 7.47. The van der Waals surface area contributed by atoms with Gasteiger partial charge in [0.05, 0.1) is 0 Å². The third-order valence-electron chi connectivity index (χ3n) is 5.71. The summed E-state index contributed by atoms with van der Waals surface area (Å²) < 4.78 is 11.8. The second kappa shape index (κ2) is 7.40. The highest BCUT2D eigenvalue weighted by Crippen LogP contribution is 2.31. The molecule has 0 heterocycles. The first-order valence-corrected chi connectivity index (χ1v) is 10.5. The number of hydrogen-bond acceptors (Lipinski definition) is 3. The molecule has 0 saturated carbocycles. The van der Waals surface area contributed by atoms with Crippen molar-refractivity contribution in [2.75, 3.05) is 0 Å². The number of carbonyl (C=O) groups is 1. The second-order valence-corrected chi connectivity index (χ2v) is 7.83. The van der Waals surface area contributed by atoms with Crippen molar-refractivity contribution in [1.82, 2.24) is 0 Å². The quantitative estimate of drug-likeness (QED) is 0.265. The zero-order chi connectivity index (χ0) is 21.5. The van der Waals surface area contributed by atoms with Crippen molar-refractivity contribution in [1.29, 1.82) is 0 Å². The Balaban J connectivity index is 1.12. The van der Waals surface area contributed by atoms with Crippen LogP contribution < -0.4 is 9.47 Å². The van der Waals surface area contributed by atoms with E-state index < -0.39 is 0 Å². The van der Waals surface area contributed by atoms with Gasteiger partial charge in [0, 0.05) is 11.1 Å². The van der Waals surface area contributed by atoms with Crippen molar-refractivity contribution in [3.8, 4) is 23.0 Å². The molecular formula is C29H18O3. The van der Waals surface area contributed by atoms with Gasteiger partial charge in [-0.3, -0.25) is 4.79 Å². The molecule has 0 amide bonds. The van der Waals surface area contributed by atoms with E-state index >= 15 is 0 Å². The Bertz CT molecular complexity index is 1300. The van der Waals surface area contributed by atoms with E-state index in [-0.39, 0.29) is 5.78 Å². The zero-order valence-electron chi connectivity index (χ0n) is 17.1. The second-order valence-electron chi connectivity index (χ2n) is 7.83. The van der Waals surface area contributed by atoms with Gasteiger partial charge in [0.2, 0.25) is 0 Å². The number of rotatable bonds is 6. The van der Waals surface area contributed by atoms with Crippen LogP contribution in [0.25, 0.3) is 24.3 Å². The number of ether oxygens (including phenoxy) is 2. The van der Waals surface area contributed by atoms with Crippen LogP contribution in [0.5, 0.6) is 23.0 Å². The molecule has 0 bridgehead atoms. The van der Waals surface area contributed by atoms with E-state index in [1.165, 1.54) is 22.3 Å². The van der Waals surface area contributed by atoms with Gasteiger partial charge in [-0.25, -0.2) is 0 Å². The fourth-order valence-corrected chi connectivity index (χ4v) is 3.78. The SMILES string of the molecule is O=C(c1ccc(Oc2ccc3c(c2)C=C3)cc1)c1ccc(Oc2ccc3c(c2)C=C3)cc1. The predicted molar refractivity (Wildman–Crippen MR) is 127 cm³/mol. The third kappa shape index (κ3) is 3.40. The number of carbonyl (C=O) groups excluding carboxylic acids is 1. The molecule has 2 aliphatic carbocycles. The highest BCUT2D eigenvalue weighted by Gasteiger charge is 2.12. The normalized spacial score (nSPS) is 12.2. The fraction of sp³-hybridized carbons (Fsp3) is 0. The average Bonchev–Trinajstić information content (AvgIpc) is 2.78. The minimum absolute atomic E-state index is 0.0412. The number of hydrogen-bond donors (Lipinski definition) is 0. The lowest BCUT2D eigenvalue weighted by atomic mass is 9.98. The van der Waals surface area contributed by atoms with Crippen LogP contribution in [-0.4, -0.2) is 5.78 Å². The van der Waals surface area contributed by atoms with Crippen LogP contribution in [0.15, 0.2) is 84.9 Å². The van der Waals surface area contributed by atoms with Crippen LogP contribution in [0.3, 0.4) is 0 Å². The highest BCUT2D eigenvalue weighted by atomic mass is 16.5. The molecular weight excluding hydrogens is 396 g/mol. The molecule has 2 aliphatic rings. The lowest BCUT2D eigenvalue weighted by Gasteiger charge is -2.13. The standard InChI is InChI=1S/C29H18O3/c30-29(21-7-11-25(12-8-21)31-27-15-5-19-1-3-23(19)17-27)22-9-13-26(14-10-22)32-28-16-6-20-2-4-24(20)18-28/h1-18H. The van der Waals surface area contributed by atoms with Crippen LogP contribution in [0.1, 0.15) is 38.2 Å². The molecule has 0 saturated heterocycles. The number of fused-ring (bicyclic) bond motifs is 2. The fourth-order valence-electron chi connectivity index (χ4n) is 3.78. The molecule has 0 aromatic heterocycles.